The molecule has 1 atom stereocenters. The van der Waals surface area contributed by atoms with Crippen LogP contribution in [-0.2, 0) is 6.54 Å². The van der Waals surface area contributed by atoms with Crippen molar-refractivity contribution in [3.63, 3.8) is 0 Å². The van der Waals surface area contributed by atoms with Gasteiger partial charge >= 0.3 is 0 Å². The zero-order chi connectivity index (χ0) is 23.1. The second-order valence-electron chi connectivity index (χ2n) is 7.35. The van der Waals surface area contributed by atoms with E-state index < -0.39 is 0 Å². The lowest BCUT2D eigenvalue weighted by molar-refractivity contribution is 0.468. The van der Waals surface area contributed by atoms with Crippen LogP contribution in [0.3, 0.4) is 0 Å². The molecule has 164 valence electrons. The molecule has 0 N–H and O–H groups in total. The van der Waals surface area contributed by atoms with E-state index in [9.17, 15) is 10.5 Å². The summed E-state index contributed by atoms with van der Waals surface area (Å²) in [6.07, 6.45) is 0.932. The lowest BCUT2D eigenvalue weighted by Gasteiger charge is -2.16. The van der Waals surface area contributed by atoms with Crippen LogP contribution in [0.5, 0.6) is 0 Å². The molecule has 0 aliphatic carbocycles. The molecule has 0 radical (unpaired) electrons. The molecular formula is C23H26N8S. The Morgan fingerprint density at radius 1 is 1.06 bits per heavy atom. The highest BCUT2D eigenvalue weighted by molar-refractivity contribution is 7.19. The van der Waals surface area contributed by atoms with Gasteiger partial charge in [-0.05, 0) is 19.8 Å². The minimum atomic E-state index is 0.0705. The van der Waals surface area contributed by atoms with Crippen molar-refractivity contribution in [1.29, 1.82) is 10.5 Å². The number of nitriles is 2. The van der Waals surface area contributed by atoms with Gasteiger partial charge in [-0.15, -0.1) is 10.2 Å². The topological polar surface area (TPSA) is 106 Å². The van der Waals surface area contributed by atoms with Gasteiger partial charge in [0.15, 0.2) is 21.5 Å². The van der Waals surface area contributed by atoms with Gasteiger partial charge in [0.1, 0.15) is 17.8 Å². The molecule has 0 saturated carbocycles. The van der Waals surface area contributed by atoms with Crippen molar-refractivity contribution in [3.8, 4) is 23.4 Å². The number of imidazole rings is 1. The average Bonchev–Trinajstić information content (AvgIpc) is 3.40. The smallest absolute Gasteiger partial charge is 0.251 e. The van der Waals surface area contributed by atoms with Gasteiger partial charge in [0.2, 0.25) is 0 Å². The number of benzene rings is 1. The molecule has 9 heteroatoms. The molecule has 1 aromatic carbocycles. The second-order valence-corrected chi connectivity index (χ2v) is 8.30. The van der Waals surface area contributed by atoms with Crippen molar-refractivity contribution in [2.24, 2.45) is 16.1 Å². The summed E-state index contributed by atoms with van der Waals surface area (Å²) in [5.74, 6) is 0.560. The average molecular weight is 447 g/mol. The van der Waals surface area contributed by atoms with E-state index in [0.29, 0.717) is 17.5 Å². The highest BCUT2D eigenvalue weighted by Crippen LogP contribution is 2.40. The monoisotopic (exact) mass is 446 g/mol. The Bertz CT molecular complexity index is 1160. The molecule has 2 heterocycles. The van der Waals surface area contributed by atoms with Gasteiger partial charge in [-0.25, -0.2) is 4.98 Å². The third kappa shape index (κ3) is 4.84. The number of aromatic nitrogens is 3. The molecule has 8 nitrogen and oxygen atoms in total. The van der Waals surface area contributed by atoms with Crippen molar-refractivity contribution in [2.45, 2.75) is 40.7 Å². The van der Waals surface area contributed by atoms with Gasteiger partial charge in [0.25, 0.3) is 5.95 Å². The Morgan fingerprint density at radius 2 is 1.78 bits per heavy atom. The van der Waals surface area contributed by atoms with Crippen molar-refractivity contribution in [3.05, 3.63) is 41.7 Å². The number of rotatable bonds is 9. The summed E-state index contributed by atoms with van der Waals surface area (Å²) < 4.78 is 1.69. The number of hydrogen-bond donors (Lipinski definition) is 0. The maximum Gasteiger partial charge on any atom is 0.251 e. The predicted molar refractivity (Wildman–Crippen MR) is 126 cm³/mol. The number of hydrogen-bond acceptors (Lipinski definition) is 8. The van der Waals surface area contributed by atoms with Crippen molar-refractivity contribution in [1.82, 2.24) is 14.5 Å². The molecule has 2 aromatic heterocycles. The highest BCUT2D eigenvalue weighted by atomic mass is 32.1. The maximum absolute atomic E-state index is 9.58. The lowest BCUT2D eigenvalue weighted by atomic mass is 10.1. The summed E-state index contributed by atoms with van der Waals surface area (Å²) in [6.45, 7) is 10.6. The lowest BCUT2D eigenvalue weighted by Crippen LogP contribution is -2.21. The van der Waals surface area contributed by atoms with Gasteiger partial charge in [0, 0.05) is 25.2 Å². The largest absolute Gasteiger partial charge is 0.349 e. The first-order chi connectivity index (χ1) is 15.6. The SMILES string of the molecule is CCC(C)Cn1c(/N=N/c2sc(N(CC)CC)nc2-c2ccccc2)nc(C#N)c1C#N. The summed E-state index contributed by atoms with van der Waals surface area (Å²) >= 11 is 1.46. The number of anilines is 1. The zero-order valence-electron chi connectivity index (χ0n) is 18.8. The van der Waals surface area contributed by atoms with E-state index in [1.165, 1.54) is 11.3 Å². The van der Waals surface area contributed by atoms with Crippen molar-refractivity contribution in [2.75, 3.05) is 18.0 Å². The Labute approximate surface area is 192 Å². The molecule has 0 aliphatic rings. The first kappa shape index (κ1) is 23.1. The van der Waals surface area contributed by atoms with Crippen LogP contribution in [0.2, 0.25) is 0 Å². The van der Waals surface area contributed by atoms with Crippen LogP contribution >= 0.6 is 11.3 Å². The van der Waals surface area contributed by atoms with E-state index in [0.717, 1.165) is 35.9 Å². The molecule has 3 aromatic rings. The van der Waals surface area contributed by atoms with E-state index in [2.05, 4.69) is 53.9 Å². The Balaban J connectivity index is 2.09. The normalized spacial score (nSPS) is 11.9. The van der Waals surface area contributed by atoms with Crippen LogP contribution in [0.25, 0.3) is 11.3 Å². The van der Waals surface area contributed by atoms with Gasteiger partial charge < -0.3 is 4.90 Å². The highest BCUT2D eigenvalue weighted by Gasteiger charge is 2.20. The van der Waals surface area contributed by atoms with Crippen LogP contribution in [-0.4, -0.2) is 27.6 Å². The molecule has 0 bridgehead atoms. The molecule has 32 heavy (non-hydrogen) atoms. The van der Waals surface area contributed by atoms with Crippen LogP contribution in [0.15, 0.2) is 40.6 Å². The quantitative estimate of drug-likeness (QED) is 0.371. The number of thiazole rings is 1. The third-order valence-corrected chi connectivity index (χ3v) is 6.26. The van der Waals surface area contributed by atoms with Gasteiger partial charge in [-0.1, -0.05) is 61.9 Å². The van der Waals surface area contributed by atoms with E-state index in [-0.39, 0.29) is 17.3 Å². The van der Waals surface area contributed by atoms with Gasteiger partial charge in [-0.3, -0.25) is 4.57 Å². The summed E-state index contributed by atoms with van der Waals surface area (Å²) in [5, 5.41) is 29.4. The number of nitrogens with zero attached hydrogens (tertiary/aromatic N) is 8. The van der Waals surface area contributed by atoms with E-state index >= 15 is 0 Å². The van der Waals surface area contributed by atoms with E-state index in [4.69, 9.17) is 4.98 Å². The fourth-order valence-electron chi connectivity index (χ4n) is 3.19. The minimum Gasteiger partial charge on any atom is -0.349 e. The third-order valence-electron chi connectivity index (χ3n) is 5.26. The minimum absolute atomic E-state index is 0.0705. The van der Waals surface area contributed by atoms with E-state index in [1.807, 2.05) is 36.4 Å². The summed E-state index contributed by atoms with van der Waals surface area (Å²) in [5.41, 5.74) is 2.00. The summed E-state index contributed by atoms with van der Waals surface area (Å²) in [7, 11) is 0. The molecule has 0 fully saturated rings. The first-order valence-electron chi connectivity index (χ1n) is 10.7. The van der Waals surface area contributed by atoms with Crippen molar-refractivity contribution < 1.29 is 0 Å². The van der Waals surface area contributed by atoms with Crippen LogP contribution in [0.4, 0.5) is 16.1 Å². The second kappa shape index (κ2) is 10.7. The zero-order valence-corrected chi connectivity index (χ0v) is 19.6. The molecule has 0 amide bonds. The maximum atomic E-state index is 9.58. The molecule has 0 aliphatic heterocycles. The Kier molecular flexibility index (Phi) is 7.69. The molecule has 3 rings (SSSR count). The summed E-state index contributed by atoms with van der Waals surface area (Å²) in [4.78, 5) is 11.3. The van der Waals surface area contributed by atoms with Crippen molar-refractivity contribution >= 4 is 27.4 Å². The van der Waals surface area contributed by atoms with Crippen LogP contribution in [0, 0.1) is 28.6 Å². The molecule has 0 spiro atoms. The first-order valence-corrected chi connectivity index (χ1v) is 11.5. The van der Waals surface area contributed by atoms with Gasteiger partial charge in [0.05, 0.1) is 0 Å². The number of azo groups is 1. The predicted octanol–water partition coefficient (Wildman–Crippen LogP) is 6.06. The fourth-order valence-corrected chi connectivity index (χ4v) is 4.23. The van der Waals surface area contributed by atoms with Crippen LogP contribution < -0.4 is 4.90 Å². The summed E-state index contributed by atoms with van der Waals surface area (Å²) in [6, 6.07) is 14.0. The molecule has 0 saturated heterocycles. The van der Waals surface area contributed by atoms with Crippen LogP contribution in [0.1, 0.15) is 45.5 Å². The van der Waals surface area contributed by atoms with E-state index in [1.54, 1.807) is 4.57 Å². The standard InChI is InChI=1S/C23H26N8S/c1-5-16(4)15-31-19(14-25)18(13-24)26-22(31)29-28-21-20(17-11-9-8-10-12-17)27-23(32-21)30(6-2)7-3/h8-12,16H,5-7,15H2,1-4H3/b29-28+. The fraction of sp³-hybridized carbons (Fsp3) is 0.391. The van der Waals surface area contributed by atoms with Gasteiger partial charge in [-0.2, -0.15) is 15.5 Å². The Morgan fingerprint density at radius 3 is 2.38 bits per heavy atom. The molecular weight excluding hydrogens is 420 g/mol. The Hall–Kier alpha value is -3.56. The molecule has 1 unspecified atom stereocenters.